The Labute approximate surface area is 147 Å². The zero-order valence-electron chi connectivity index (χ0n) is 14.3. The number of hydrogen-bond donors (Lipinski definition) is 1. The van der Waals surface area contributed by atoms with Crippen LogP contribution in [0.3, 0.4) is 0 Å². The third kappa shape index (κ3) is 3.63. The Morgan fingerprint density at radius 1 is 1.36 bits per heavy atom. The molecule has 130 valence electrons. The lowest BCUT2D eigenvalue weighted by atomic mass is 9.72. The van der Waals surface area contributed by atoms with E-state index in [1.807, 2.05) is 6.07 Å². The van der Waals surface area contributed by atoms with Gasteiger partial charge in [0.1, 0.15) is 6.10 Å². The molecule has 0 spiro atoms. The van der Waals surface area contributed by atoms with Gasteiger partial charge in [-0.1, -0.05) is 61.2 Å². The zero-order valence-corrected chi connectivity index (χ0v) is 14.3. The van der Waals surface area contributed by atoms with Crippen molar-refractivity contribution < 1.29 is 19.4 Å². The summed E-state index contributed by atoms with van der Waals surface area (Å²) in [5, 5.41) is 9.95. The van der Waals surface area contributed by atoms with Crippen LogP contribution in [-0.2, 0) is 14.3 Å². The minimum absolute atomic E-state index is 0.0406. The average molecular weight is 338 g/mol. The molecule has 2 unspecified atom stereocenters. The van der Waals surface area contributed by atoms with Crippen molar-refractivity contribution >= 4 is 17.5 Å². The molecule has 0 bridgehead atoms. The number of carboxylic acids is 1. The van der Waals surface area contributed by atoms with Gasteiger partial charge < -0.3 is 9.84 Å². The number of carbonyl (C=O) groups excluding carboxylic acids is 1. The van der Waals surface area contributed by atoms with Gasteiger partial charge in [-0.15, -0.1) is 6.58 Å². The molecule has 1 aromatic carbocycles. The van der Waals surface area contributed by atoms with Gasteiger partial charge in [0, 0.05) is 6.42 Å². The maximum Gasteiger partial charge on any atom is 0.329 e. The van der Waals surface area contributed by atoms with Gasteiger partial charge in [-0.05, 0) is 30.1 Å². The van der Waals surface area contributed by atoms with Crippen molar-refractivity contribution in [2.75, 3.05) is 0 Å². The molecule has 0 heterocycles. The Bertz CT molecular complexity index is 742. The molecule has 1 aliphatic carbocycles. The molecule has 4 heteroatoms. The normalized spacial score (nSPS) is 20.3. The summed E-state index contributed by atoms with van der Waals surface area (Å²) in [5.41, 5.74) is -0.0235. The fraction of sp³-hybridized carbons (Fsp3) is 0.238. The number of rotatable bonds is 7. The van der Waals surface area contributed by atoms with Gasteiger partial charge in [-0.3, -0.25) is 9.59 Å². The van der Waals surface area contributed by atoms with Gasteiger partial charge in [0.25, 0.3) is 0 Å². The number of hydrogen-bond acceptors (Lipinski definition) is 3. The van der Waals surface area contributed by atoms with Crippen LogP contribution in [-0.4, -0.2) is 23.1 Å². The van der Waals surface area contributed by atoms with Gasteiger partial charge in [0.05, 0.1) is 0 Å². The minimum Gasteiger partial charge on any atom is -0.480 e. The molecule has 2 atom stereocenters. The Balaban J connectivity index is 2.46. The summed E-state index contributed by atoms with van der Waals surface area (Å²) in [6.45, 7) is 9.20. The average Bonchev–Trinajstić information content (AvgIpc) is 2.61. The molecule has 1 aromatic rings. The first-order valence-electron chi connectivity index (χ1n) is 8.07. The zero-order chi connectivity index (χ0) is 18.4. The molecule has 1 N–H and O–H groups in total. The highest BCUT2D eigenvalue weighted by Crippen LogP contribution is 2.43. The van der Waals surface area contributed by atoms with Crippen LogP contribution in [0.25, 0.3) is 5.57 Å². The van der Waals surface area contributed by atoms with Crippen molar-refractivity contribution in [3.8, 4) is 0 Å². The minimum atomic E-state index is -1.77. The second-order valence-electron chi connectivity index (χ2n) is 6.05. The molecule has 0 fully saturated rings. The Kier molecular flexibility index (Phi) is 5.75. The summed E-state index contributed by atoms with van der Waals surface area (Å²) in [7, 11) is 0. The summed E-state index contributed by atoms with van der Waals surface area (Å²) in [4.78, 5) is 25.2. The lowest BCUT2D eigenvalue weighted by Gasteiger charge is -2.32. The Hall–Kier alpha value is -2.88. The van der Waals surface area contributed by atoms with Crippen LogP contribution in [0, 0.1) is 5.41 Å². The van der Waals surface area contributed by atoms with E-state index in [0.29, 0.717) is 23.1 Å². The lowest BCUT2D eigenvalue weighted by Crippen LogP contribution is -2.43. The Morgan fingerprint density at radius 3 is 2.60 bits per heavy atom. The maximum absolute atomic E-state index is 13.0. The fourth-order valence-electron chi connectivity index (χ4n) is 2.84. The van der Waals surface area contributed by atoms with Crippen molar-refractivity contribution in [2.24, 2.45) is 5.41 Å². The van der Waals surface area contributed by atoms with E-state index in [-0.39, 0.29) is 6.42 Å². The summed E-state index contributed by atoms with van der Waals surface area (Å²) in [6, 6.07) is 9.03. The second kappa shape index (κ2) is 7.79. The third-order valence-electron chi connectivity index (χ3n) is 4.26. The molecule has 1 aliphatic rings. The number of aliphatic carboxylic acids is 1. The number of carbonyl (C=O) groups is 2. The lowest BCUT2D eigenvalue weighted by molar-refractivity contribution is -0.166. The summed E-state index contributed by atoms with van der Waals surface area (Å²) in [5.74, 6) is -2.01. The molecule has 0 saturated carbocycles. The van der Waals surface area contributed by atoms with Crippen LogP contribution >= 0.6 is 0 Å². The van der Waals surface area contributed by atoms with Crippen LogP contribution < -0.4 is 0 Å². The van der Waals surface area contributed by atoms with Crippen LogP contribution in [0.2, 0.25) is 0 Å². The number of benzene rings is 1. The maximum atomic E-state index is 13.0. The monoisotopic (exact) mass is 338 g/mol. The largest absolute Gasteiger partial charge is 0.480 e. The number of esters is 1. The first-order valence-corrected chi connectivity index (χ1v) is 8.07. The van der Waals surface area contributed by atoms with Crippen molar-refractivity contribution in [1.82, 2.24) is 0 Å². The van der Waals surface area contributed by atoms with Crippen LogP contribution in [0.4, 0.5) is 0 Å². The third-order valence-corrected chi connectivity index (χ3v) is 4.26. The van der Waals surface area contributed by atoms with E-state index >= 15 is 0 Å². The van der Waals surface area contributed by atoms with Crippen LogP contribution in [0.1, 0.15) is 25.3 Å². The molecule has 25 heavy (non-hydrogen) atoms. The number of ether oxygens (including phenoxy) is 1. The van der Waals surface area contributed by atoms with Crippen molar-refractivity contribution in [1.29, 1.82) is 0 Å². The first-order chi connectivity index (χ1) is 11.9. The highest BCUT2D eigenvalue weighted by molar-refractivity contribution is 6.12. The van der Waals surface area contributed by atoms with Crippen molar-refractivity contribution in [3.63, 3.8) is 0 Å². The van der Waals surface area contributed by atoms with E-state index in [0.717, 1.165) is 0 Å². The van der Waals surface area contributed by atoms with Gasteiger partial charge in [-0.25, -0.2) is 0 Å². The van der Waals surface area contributed by atoms with E-state index in [1.165, 1.54) is 0 Å². The van der Waals surface area contributed by atoms with Gasteiger partial charge in [-0.2, -0.15) is 0 Å². The van der Waals surface area contributed by atoms with E-state index in [4.69, 9.17) is 4.74 Å². The van der Waals surface area contributed by atoms with Crippen molar-refractivity contribution in [3.05, 3.63) is 78.9 Å². The summed E-state index contributed by atoms with van der Waals surface area (Å²) < 4.78 is 5.54. The van der Waals surface area contributed by atoms with E-state index < -0.39 is 23.5 Å². The summed E-state index contributed by atoms with van der Waals surface area (Å²) in [6.07, 6.45) is 6.55. The summed E-state index contributed by atoms with van der Waals surface area (Å²) >= 11 is 0. The topological polar surface area (TPSA) is 63.6 Å². The van der Waals surface area contributed by atoms with Gasteiger partial charge >= 0.3 is 11.9 Å². The van der Waals surface area contributed by atoms with Crippen molar-refractivity contribution in [2.45, 2.75) is 25.9 Å². The molecule has 4 nitrogen and oxygen atoms in total. The molecule has 2 rings (SSSR count). The molecule has 0 radical (unpaired) electrons. The standard InChI is InChI=1S/C21H22O4/c1-4-10-18(15(2)3)25-20(24)21(19(22)23)14-9-8-13-17(21)16-11-6-5-7-12-16/h4-9,11-13,18H,1-2,10,14H2,3H3,(H,22,23). The molecule has 0 aromatic heterocycles. The Morgan fingerprint density at radius 2 is 2.04 bits per heavy atom. The molecule has 0 aliphatic heterocycles. The quantitative estimate of drug-likeness (QED) is 0.460. The fourth-order valence-corrected chi connectivity index (χ4v) is 2.84. The number of carboxylic acid groups (broad SMARTS) is 1. The highest BCUT2D eigenvalue weighted by atomic mass is 16.5. The predicted molar refractivity (Wildman–Crippen MR) is 97.8 cm³/mol. The highest BCUT2D eigenvalue weighted by Gasteiger charge is 2.51. The van der Waals surface area contributed by atoms with Crippen LogP contribution in [0.15, 0.2) is 73.4 Å². The van der Waals surface area contributed by atoms with E-state index in [9.17, 15) is 14.7 Å². The molecular formula is C21H22O4. The van der Waals surface area contributed by atoms with Gasteiger partial charge in [0.15, 0.2) is 5.41 Å². The smallest absolute Gasteiger partial charge is 0.329 e. The van der Waals surface area contributed by atoms with E-state index in [2.05, 4.69) is 13.2 Å². The molecular weight excluding hydrogens is 316 g/mol. The van der Waals surface area contributed by atoms with E-state index in [1.54, 1.807) is 55.5 Å². The predicted octanol–water partition coefficient (Wildman–Crippen LogP) is 4.16. The SMILES string of the molecule is C=CCC(OC(=O)C1(C(=O)O)CC=CC=C1c1ccccc1)C(=C)C. The van der Waals surface area contributed by atoms with Crippen LogP contribution in [0.5, 0.6) is 0 Å². The first kappa shape index (κ1) is 18.5. The number of allylic oxidation sites excluding steroid dienone is 3. The van der Waals surface area contributed by atoms with Gasteiger partial charge in [0.2, 0.25) is 0 Å². The molecule has 0 amide bonds. The second-order valence-corrected chi connectivity index (χ2v) is 6.05. The molecule has 0 saturated heterocycles.